The van der Waals surface area contributed by atoms with Crippen molar-refractivity contribution >= 4 is 22.3 Å². The Bertz CT molecular complexity index is 1050. The molecule has 3 aromatic rings. The molecule has 0 bridgehead atoms. The summed E-state index contributed by atoms with van der Waals surface area (Å²) in [6, 6.07) is 11.7. The van der Waals surface area contributed by atoms with Gasteiger partial charge in [-0.05, 0) is 43.0 Å². The Morgan fingerprint density at radius 3 is 2.17 bits per heavy atom. The Kier molecular flexibility index (Phi) is 6.37. The first-order valence-electron chi connectivity index (χ1n) is 10.3. The summed E-state index contributed by atoms with van der Waals surface area (Å²) in [6.07, 6.45) is 2.41. The van der Waals surface area contributed by atoms with Crippen LogP contribution in [0.2, 0.25) is 0 Å². The van der Waals surface area contributed by atoms with Crippen LogP contribution in [0.5, 0.6) is 17.4 Å². The molecule has 0 radical (unpaired) electrons. The maximum absolute atomic E-state index is 10.6. The lowest BCUT2D eigenvalue weighted by Crippen LogP contribution is -2.34. The Hall–Kier alpha value is -2.99. The Balaban J connectivity index is 2.06. The normalized spacial score (nSPS) is 12.4. The van der Waals surface area contributed by atoms with E-state index in [1.54, 1.807) is 14.2 Å². The number of methoxy groups -OCH3 is 2. The van der Waals surface area contributed by atoms with Crippen molar-refractivity contribution in [3.05, 3.63) is 47.5 Å². The molecule has 0 unspecified atom stereocenters. The summed E-state index contributed by atoms with van der Waals surface area (Å²) in [5.74, 6) is 1.28. The van der Waals surface area contributed by atoms with Gasteiger partial charge in [0.05, 0.1) is 36.7 Å². The van der Waals surface area contributed by atoms with Crippen LogP contribution in [0.3, 0.4) is 0 Å². The number of rotatable bonds is 8. The van der Waals surface area contributed by atoms with Crippen LogP contribution in [0.4, 0.5) is 5.69 Å². The van der Waals surface area contributed by atoms with Gasteiger partial charge in [0.1, 0.15) is 0 Å². The molecule has 2 aromatic carbocycles. The van der Waals surface area contributed by atoms with E-state index in [1.165, 1.54) is 0 Å². The Morgan fingerprint density at radius 2 is 1.63 bits per heavy atom. The molecule has 0 amide bonds. The molecule has 30 heavy (non-hydrogen) atoms. The number of aromatic amines is 1. The molecule has 6 nitrogen and oxygen atoms in total. The fourth-order valence-corrected chi connectivity index (χ4v) is 3.79. The highest BCUT2D eigenvalue weighted by Gasteiger charge is 2.23. The second-order valence-corrected chi connectivity index (χ2v) is 7.42. The summed E-state index contributed by atoms with van der Waals surface area (Å²) in [4.78, 5) is 7.85. The highest BCUT2D eigenvalue weighted by molar-refractivity contribution is 6.14. The summed E-state index contributed by atoms with van der Waals surface area (Å²) >= 11 is 0. The van der Waals surface area contributed by atoms with Crippen molar-refractivity contribution in [3.63, 3.8) is 0 Å². The standard InChI is InChI=1S/C24H31N3O3/c1-6-18(26-16-11-9-15(10-12-16)24(25,7-2)8-3)22-17-13-20(29-4)21(30-5)14-19(17)27-23(22)28/h9-14,27-28H,6-8,25H2,1-5H3. The lowest BCUT2D eigenvalue weighted by atomic mass is 9.86. The zero-order chi connectivity index (χ0) is 21.9. The quantitative estimate of drug-likeness (QED) is 0.435. The van der Waals surface area contributed by atoms with Gasteiger partial charge in [-0.15, -0.1) is 0 Å². The van der Waals surface area contributed by atoms with Gasteiger partial charge in [-0.2, -0.15) is 0 Å². The average Bonchev–Trinajstić information content (AvgIpc) is 3.10. The van der Waals surface area contributed by atoms with Gasteiger partial charge in [0.2, 0.25) is 0 Å². The van der Waals surface area contributed by atoms with E-state index in [1.807, 2.05) is 43.3 Å². The lowest BCUT2D eigenvalue weighted by molar-refractivity contribution is 0.356. The van der Waals surface area contributed by atoms with E-state index in [0.29, 0.717) is 23.5 Å². The minimum absolute atomic E-state index is 0.0791. The number of nitrogens with zero attached hydrogens (tertiary/aromatic N) is 1. The van der Waals surface area contributed by atoms with Gasteiger partial charge in [0, 0.05) is 17.0 Å². The zero-order valence-electron chi connectivity index (χ0n) is 18.4. The number of benzene rings is 2. The van der Waals surface area contributed by atoms with Crippen LogP contribution in [0.25, 0.3) is 10.9 Å². The number of H-pyrrole nitrogens is 1. The van der Waals surface area contributed by atoms with Crippen molar-refractivity contribution in [2.45, 2.75) is 45.6 Å². The first-order valence-corrected chi connectivity index (χ1v) is 10.3. The molecule has 0 saturated heterocycles. The summed E-state index contributed by atoms with van der Waals surface area (Å²) < 4.78 is 10.8. The molecule has 0 aliphatic rings. The van der Waals surface area contributed by atoms with Gasteiger partial charge >= 0.3 is 0 Å². The SMILES string of the molecule is CCC(=Nc1ccc(C(N)(CC)CC)cc1)c1c(O)[nH]c2cc(OC)c(OC)cc12. The van der Waals surface area contributed by atoms with Gasteiger partial charge in [-0.25, -0.2) is 0 Å². The largest absolute Gasteiger partial charge is 0.494 e. The van der Waals surface area contributed by atoms with Crippen LogP contribution in [0.15, 0.2) is 41.4 Å². The minimum atomic E-state index is -0.319. The molecule has 0 fully saturated rings. The van der Waals surface area contributed by atoms with Crippen molar-refractivity contribution in [2.24, 2.45) is 10.7 Å². The van der Waals surface area contributed by atoms with Crippen molar-refractivity contribution in [3.8, 4) is 17.4 Å². The molecule has 1 aromatic heterocycles. The summed E-state index contributed by atoms with van der Waals surface area (Å²) in [7, 11) is 3.18. The predicted octanol–water partition coefficient (Wildman–Crippen LogP) is 5.40. The number of ether oxygens (including phenoxy) is 2. The van der Waals surface area contributed by atoms with Crippen LogP contribution in [0, 0.1) is 0 Å². The second-order valence-electron chi connectivity index (χ2n) is 7.42. The average molecular weight is 410 g/mol. The minimum Gasteiger partial charge on any atom is -0.494 e. The van der Waals surface area contributed by atoms with E-state index in [4.69, 9.17) is 20.2 Å². The maximum Gasteiger partial charge on any atom is 0.198 e. The van der Waals surface area contributed by atoms with E-state index in [2.05, 4.69) is 18.8 Å². The molecule has 0 aliphatic carbocycles. The fourth-order valence-electron chi connectivity index (χ4n) is 3.79. The molecule has 6 heteroatoms. The number of aromatic nitrogens is 1. The molecule has 0 spiro atoms. The van der Waals surface area contributed by atoms with Crippen molar-refractivity contribution in [2.75, 3.05) is 14.2 Å². The summed E-state index contributed by atoms with van der Waals surface area (Å²) in [5, 5.41) is 11.5. The monoisotopic (exact) mass is 409 g/mol. The van der Waals surface area contributed by atoms with Crippen molar-refractivity contribution < 1.29 is 14.6 Å². The predicted molar refractivity (Wildman–Crippen MR) is 122 cm³/mol. The fraction of sp³-hybridized carbons (Fsp3) is 0.375. The topological polar surface area (TPSA) is 92.9 Å². The number of nitrogens with one attached hydrogen (secondary N) is 1. The Morgan fingerprint density at radius 1 is 1.03 bits per heavy atom. The Labute approximate surface area is 177 Å². The molecule has 160 valence electrons. The van der Waals surface area contributed by atoms with Crippen LogP contribution in [-0.2, 0) is 5.54 Å². The molecular weight excluding hydrogens is 378 g/mol. The number of aromatic hydroxyl groups is 1. The van der Waals surface area contributed by atoms with E-state index < -0.39 is 0 Å². The molecule has 3 rings (SSSR count). The van der Waals surface area contributed by atoms with Crippen LogP contribution >= 0.6 is 0 Å². The maximum atomic E-state index is 10.6. The zero-order valence-corrected chi connectivity index (χ0v) is 18.4. The van der Waals surface area contributed by atoms with Gasteiger partial charge < -0.3 is 25.3 Å². The number of nitrogens with two attached hydrogens (primary N) is 1. The van der Waals surface area contributed by atoms with Crippen LogP contribution in [0.1, 0.15) is 51.2 Å². The van der Waals surface area contributed by atoms with E-state index in [-0.39, 0.29) is 11.4 Å². The number of fused-ring (bicyclic) bond motifs is 1. The molecular formula is C24H31N3O3. The first kappa shape index (κ1) is 21.7. The van der Waals surface area contributed by atoms with E-state index in [0.717, 1.165) is 40.7 Å². The van der Waals surface area contributed by atoms with Crippen molar-refractivity contribution in [1.82, 2.24) is 4.98 Å². The summed E-state index contributed by atoms with van der Waals surface area (Å²) in [5.41, 5.74) is 10.3. The summed E-state index contributed by atoms with van der Waals surface area (Å²) in [6.45, 7) is 6.23. The van der Waals surface area contributed by atoms with Gasteiger partial charge in [0.25, 0.3) is 0 Å². The van der Waals surface area contributed by atoms with Crippen molar-refractivity contribution in [1.29, 1.82) is 0 Å². The molecule has 4 N–H and O–H groups in total. The third-order valence-electron chi connectivity index (χ3n) is 5.87. The molecule has 0 aliphatic heterocycles. The molecule has 0 saturated carbocycles. The van der Waals surface area contributed by atoms with E-state index >= 15 is 0 Å². The smallest absolute Gasteiger partial charge is 0.198 e. The highest BCUT2D eigenvalue weighted by atomic mass is 16.5. The highest BCUT2D eigenvalue weighted by Crippen LogP contribution is 2.38. The second kappa shape index (κ2) is 8.79. The molecule has 1 heterocycles. The third kappa shape index (κ3) is 3.87. The first-order chi connectivity index (χ1) is 14.4. The van der Waals surface area contributed by atoms with Gasteiger partial charge in [-0.1, -0.05) is 32.9 Å². The van der Waals surface area contributed by atoms with Gasteiger partial charge in [-0.3, -0.25) is 4.99 Å². The van der Waals surface area contributed by atoms with Crippen LogP contribution < -0.4 is 15.2 Å². The lowest BCUT2D eigenvalue weighted by Gasteiger charge is -2.27. The number of hydrogen-bond acceptors (Lipinski definition) is 5. The number of aliphatic imine (C=N–C) groups is 1. The van der Waals surface area contributed by atoms with Crippen LogP contribution in [-0.4, -0.2) is 30.0 Å². The third-order valence-corrected chi connectivity index (χ3v) is 5.87. The van der Waals surface area contributed by atoms with E-state index in [9.17, 15) is 5.11 Å². The molecule has 0 atom stereocenters. The number of hydrogen-bond donors (Lipinski definition) is 3. The van der Waals surface area contributed by atoms with Gasteiger partial charge in [0.15, 0.2) is 17.4 Å².